The molecule has 0 aliphatic heterocycles. The molecule has 0 unspecified atom stereocenters. The summed E-state index contributed by atoms with van der Waals surface area (Å²) in [7, 11) is 0. The zero-order chi connectivity index (χ0) is 78.3. The number of halogens is 2. The van der Waals surface area contributed by atoms with Crippen LogP contribution in [0.15, 0.2) is 228 Å². The summed E-state index contributed by atoms with van der Waals surface area (Å²) >= 11 is 5.08. The second kappa shape index (κ2) is 44.7. The molecule has 0 amide bonds. The van der Waals surface area contributed by atoms with Gasteiger partial charge in [0.25, 0.3) is 0 Å². The van der Waals surface area contributed by atoms with Crippen molar-refractivity contribution in [1.29, 1.82) is 0 Å². The van der Waals surface area contributed by atoms with Gasteiger partial charge in [-0.1, -0.05) is 120 Å². The molecule has 16 nitrogen and oxygen atoms in total. The van der Waals surface area contributed by atoms with E-state index in [1.807, 2.05) is 134 Å². The third-order valence-corrected chi connectivity index (χ3v) is 22.2. The third-order valence-electron chi connectivity index (χ3n) is 20.6. The Balaban J connectivity index is 0.000000141. The molecule has 0 spiro atoms. The predicted octanol–water partition coefficient (Wildman–Crippen LogP) is 18.8. The molecule has 0 saturated carbocycles. The number of benzene rings is 5. The monoisotopic (exact) mass is 1580 g/mol. The van der Waals surface area contributed by atoms with Crippen molar-refractivity contribution in [2.75, 3.05) is 0 Å². The van der Waals surface area contributed by atoms with Crippen LogP contribution in [0.1, 0.15) is 266 Å². The molecule has 6 heterocycles. The number of pyridine rings is 3. The molecule has 18 rings (SSSR count). The van der Waals surface area contributed by atoms with E-state index in [-0.39, 0.29) is 54.6 Å². The van der Waals surface area contributed by atoms with E-state index in [9.17, 15) is 40.1 Å². The van der Waals surface area contributed by atoms with Crippen molar-refractivity contribution in [3.63, 3.8) is 0 Å². The highest BCUT2D eigenvalue weighted by Gasteiger charge is 2.26. The Morgan fingerprint density at radius 2 is 0.918 bits per heavy atom. The highest BCUT2D eigenvalue weighted by molar-refractivity contribution is 9.10. The summed E-state index contributed by atoms with van der Waals surface area (Å²) in [6.45, 7) is 7.34. The Labute approximate surface area is 659 Å². The van der Waals surface area contributed by atoms with Gasteiger partial charge in [-0.05, 0) is 282 Å². The first-order chi connectivity index (χ1) is 53.2. The molecular formula is C91H109BrFN5O11S. The van der Waals surface area contributed by atoms with Crippen LogP contribution in [0.4, 0.5) is 4.39 Å². The minimum Gasteiger partial charge on any atom is -0.469 e. The predicted molar refractivity (Wildman–Crippen MR) is 434 cm³/mol. The van der Waals surface area contributed by atoms with E-state index in [1.165, 1.54) is 51.2 Å². The summed E-state index contributed by atoms with van der Waals surface area (Å²) in [6.07, 6.45) is 31.3. The van der Waals surface area contributed by atoms with Gasteiger partial charge in [-0.25, -0.2) is 9.07 Å². The molecule has 7 aliphatic rings. The molecule has 0 radical (unpaired) electrons. The first-order valence-corrected chi connectivity index (χ1v) is 40.4. The van der Waals surface area contributed by atoms with Crippen LogP contribution in [0.5, 0.6) is 0 Å². The van der Waals surface area contributed by atoms with Gasteiger partial charge in [-0.3, -0.25) is 15.0 Å². The normalized spacial score (nSPS) is 20.6. The van der Waals surface area contributed by atoms with Crippen molar-refractivity contribution in [3.05, 3.63) is 323 Å². The molecule has 5 aromatic carbocycles. The molecular weight excluding hydrogens is 1470 g/mol. The van der Waals surface area contributed by atoms with Crippen LogP contribution >= 0.6 is 27.3 Å². The van der Waals surface area contributed by atoms with E-state index in [2.05, 4.69) is 60.4 Å². The summed E-state index contributed by atoms with van der Waals surface area (Å²) in [6, 6.07) is 51.3. The van der Waals surface area contributed by atoms with Crippen LogP contribution in [0.2, 0.25) is 0 Å². The zero-order valence-corrected chi connectivity index (χ0v) is 66.0. The lowest BCUT2D eigenvalue weighted by Gasteiger charge is -2.27. The van der Waals surface area contributed by atoms with Gasteiger partial charge in [0, 0.05) is 69.6 Å². The van der Waals surface area contributed by atoms with Crippen LogP contribution in [-0.2, 0) is 44.9 Å². The van der Waals surface area contributed by atoms with Crippen LogP contribution in [0.3, 0.4) is 0 Å². The standard InChI is InChI=1S/C13H13FN2O.C11H14O.C10H12O.2C9H11NO.C8H9BrO.C8H10O2.C8H10OS.C8H10O.C7H9NO/c14-9-4-6-10(7-5-9)16-12-2-1-3-13(17)11(12)8-15-16;1-8-6-7-9-4-2-3-5-10(9)11(8)12;11-10-7-3-5-8-4-1-2-6-9(8)10;11-9-3-1-2-7-6-10-5-4-8(7)9;11-9-3-1-2-7-4-5-10-6-8(7)9;1-6(10)7-2-4-8(9)5-3-7;2*9-7-2-1-3-8-6(7)4-5-10-8;1-7(9)8-5-3-2-4-6-8;1-6(9)7-3-2-4-8-5-7/h4-8,13,17H,1-3H2;2-5,8,11-12H,6-7H2,1H3;1-2,4,6,10-11H,3,5,7H2;2*4-6,9,11H,1-3H2;2-6,10H,1H3;2*4-5,7,9H,1-3H2;2-7,9H,1H3;2-6,9H,1H3/t13-;8-,11+;10-;2*9-;6-;3*7-;6-/m0100000000/s1. The SMILES string of the molecule is C[C@@H]1CCc2ccccc2[C@H]1O.C[C@H](O)c1ccc(Br)cc1.C[C@H](O)c1ccccc1.C[C@H](O)c1cccnc1.O[C@H]1CCCc2c1cnn2-c1ccc(F)cc1.O[C@H]1CCCc2ccccc21.O[C@H]1CCCc2ccncc21.O[C@H]1CCCc2cnccc21.O[C@H]1CCCc2occc21.O[C@H]1CCCc2sccc21. The number of hydrogen-bond donors (Lipinski definition) is 10. The second-order valence-corrected chi connectivity index (χ2v) is 30.7. The molecule has 584 valence electrons. The molecule has 0 saturated heterocycles. The van der Waals surface area contributed by atoms with Gasteiger partial charge >= 0.3 is 0 Å². The molecule has 6 aromatic heterocycles. The van der Waals surface area contributed by atoms with E-state index in [4.69, 9.17) is 19.7 Å². The van der Waals surface area contributed by atoms with Gasteiger partial charge in [0.15, 0.2) is 0 Å². The van der Waals surface area contributed by atoms with Crippen molar-refractivity contribution in [2.45, 2.75) is 217 Å². The van der Waals surface area contributed by atoms with E-state index < -0.39 is 12.2 Å². The van der Waals surface area contributed by atoms with Crippen molar-refractivity contribution in [1.82, 2.24) is 24.7 Å². The summed E-state index contributed by atoms with van der Waals surface area (Å²) in [4.78, 5) is 13.2. The molecule has 110 heavy (non-hydrogen) atoms. The summed E-state index contributed by atoms with van der Waals surface area (Å²) < 4.78 is 20.9. The average molecular weight is 1580 g/mol. The van der Waals surface area contributed by atoms with Crippen LogP contribution in [0.25, 0.3) is 5.69 Å². The van der Waals surface area contributed by atoms with Crippen molar-refractivity contribution < 1.29 is 59.9 Å². The Morgan fingerprint density at radius 3 is 1.50 bits per heavy atom. The number of thiophene rings is 1. The first-order valence-electron chi connectivity index (χ1n) is 38.7. The number of furan rings is 1. The zero-order valence-electron chi connectivity index (χ0n) is 63.6. The fourth-order valence-corrected chi connectivity index (χ4v) is 15.4. The summed E-state index contributed by atoms with van der Waals surface area (Å²) in [5, 5.41) is 101. The lowest BCUT2D eigenvalue weighted by atomic mass is 9.83. The van der Waals surface area contributed by atoms with E-state index in [0.717, 1.165) is 194 Å². The highest BCUT2D eigenvalue weighted by atomic mass is 79.9. The first kappa shape index (κ1) is 85.7. The maximum absolute atomic E-state index is 12.9. The molecule has 19 heteroatoms. The Morgan fingerprint density at radius 1 is 0.418 bits per heavy atom. The maximum atomic E-state index is 12.9. The van der Waals surface area contributed by atoms with Gasteiger partial charge in [0.2, 0.25) is 0 Å². The maximum Gasteiger partial charge on any atom is 0.123 e. The fourth-order valence-electron chi connectivity index (χ4n) is 14.2. The van der Waals surface area contributed by atoms with E-state index in [1.54, 1.807) is 92.4 Å². The van der Waals surface area contributed by atoms with Gasteiger partial charge in [0.1, 0.15) is 11.6 Å². The minimum absolute atomic E-state index is 0.171. The highest BCUT2D eigenvalue weighted by Crippen LogP contribution is 2.37. The largest absolute Gasteiger partial charge is 0.469 e. The van der Waals surface area contributed by atoms with Crippen LogP contribution < -0.4 is 0 Å². The van der Waals surface area contributed by atoms with Crippen molar-refractivity contribution in [3.8, 4) is 5.69 Å². The van der Waals surface area contributed by atoms with E-state index in [0.29, 0.717) is 5.92 Å². The van der Waals surface area contributed by atoms with Gasteiger partial charge in [-0.2, -0.15) is 5.10 Å². The number of aromatic nitrogens is 5. The molecule has 10 N–H and O–H groups in total. The number of hydrogen-bond acceptors (Lipinski definition) is 16. The number of aliphatic hydroxyl groups is 10. The van der Waals surface area contributed by atoms with Crippen LogP contribution in [-0.4, -0.2) is 75.8 Å². The van der Waals surface area contributed by atoms with Crippen molar-refractivity contribution >= 4 is 27.3 Å². The number of rotatable bonds is 4. The summed E-state index contributed by atoms with van der Waals surface area (Å²) in [5.74, 6) is 1.13. The quantitative estimate of drug-likeness (QED) is 0.0785. The van der Waals surface area contributed by atoms with E-state index >= 15 is 0 Å². The summed E-state index contributed by atoms with van der Waals surface area (Å²) in [5.41, 5.74) is 17.2. The molecule has 11 aromatic rings. The Kier molecular flexibility index (Phi) is 34.8. The smallest absolute Gasteiger partial charge is 0.123 e. The number of nitrogens with zero attached hydrogens (tertiary/aromatic N) is 5. The molecule has 7 aliphatic carbocycles. The average Bonchev–Trinajstić information content (AvgIpc) is 1.65. The lowest BCUT2D eigenvalue weighted by Crippen LogP contribution is -2.17. The molecule has 11 atom stereocenters. The van der Waals surface area contributed by atoms with Gasteiger partial charge < -0.3 is 55.5 Å². The van der Waals surface area contributed by atoms with Gasteiger partial charge in [0.05, 0.1) is 84.9 Å². The third kappa shape index (κ3) is 25.9. The second-order valence-electron chi connectivity index (χ2n) is 28.8. The fraction of sp³-hybridized carbons (Fsp3) is 0.385. The molecule has 0 bridgehead atoms. The van der Waals surface area contributed by atoms with Crippen LogP contribution in [0, 0.1) is 11.7 Å². The minimum atomic E-state index is -0.409. The number of aryl methyl sites for hydroxylation is 6. The molecule has 0 fully saturated rings. The number of aliphatic hydroxyl groups excluding tert-OH is 10. The van der Waals surface area contributed by atoms with Gasteiger partial charge in [-0.15, -0.1) is 11.3 Å². The topological polar surface area (TPSA) is 272 Å². The number of fused-ring (bicyclic) bond motifs is 7. The Hall–Kier alpha value is -8.25. The lowest BCUT2D eigenvalue weighted by molar-refractivity contribution is 0.104. The van der Waals surface area contributed by atoms with Crippen molar-refractivity contribution in [2.24, 2.45) is 5.92 Å². The Bertz CT molecular complexity index is 4220.